The van der Waals surface area contributed by atoms with E-state index in [1.807, 2.05) is 0 Å². The highest BCUT2D eigenvalue weighted by Gasteiger charge is 2.36. The molecule has 0 unspecified atom stereocenters. The van der Waals surface area contributed by atoms with Gasteiger partial charge < -0.3 is 4.90 Å². The van der Waals surface area contributed by atoms with Gasteiger partial charge in [-0.2, -0.15) is 13.2 Å². The molecule has 3 amide bonds. The monoisotopic (exact) mass is 327 g/mol. The van der Waals surface area contributed by atoms with Gasteiger partial charge in [-0.05, 0) is 30.9 Å². The Balaban J connectivity index is 1.67. The second-order valence-corrected chi connectivity index (χ2v) is 5.94. The van der Waals surface area contributed by atoms with Crippen LogP contribution >= 0.6 is 0 Å². The standard InChI is InChI=1S/C15H16F3N3O2/c16-15(17,18)11-3-4-12(19-7-11)9-20-6-5-13(22)21(14(20)23)8-10-1-2-10/h3-4,7,10H,1-2,5-6,8-9H2. The second-order valence-electron chi connectivity index (χ2n) is 5.94. The van der Waals surface area contributed by atoms with Crippen LogP contribution in [0.4, 0.5) is 18.0 Å². The van der Waals surface area contributed by atoms with Crippen LogP contribution in [0.15, 0.2) is 18.3 Å². The third kappa shape index (κ3) is 3.62. The molecule has 3 rings (SSSR count). The van der Waals surface area contributed by atoms with Gasteiger partial charge in [-0.1, -0.05) is 0 Å². The van der Waals surface area contributed by atoms with Crippen molar-refractivity contribution in [2.45, 2.75) is 32.0 Å². The van der Waals surface area contributed by atoms with Crippen LogP contribution in [0.3, 0.4) is 0 Å². The number of pyridine rings is 1. The maximum absolute atomic E-state index is 12.5. The Bertz CT molecular complexity index is 611. The van der Waals surface area contributed by atoms with Crippen LogP contribution in [0.5, 0.6) is 0 Å². The number of hydrogen-bond donors (Lipinski definition) is 0. The fourth-order valence-corrected chi connectivity index (χ4v) is 2.51. The lowest BCUT2D eigenvalue weighted by molar-refractivity contribution is -0.138. The molecule has 0 aromatic carbocycles. The zero-order valence-electron chi connectivity index (χ0n) is 12.3. The number of alkyl halides is 3. The van der Waals surface area contributed by atoms with E-state index < -0.39 is 11.7 Å². The van der Waals surface area contributed by atoms with Crippen LogP contribution in [-0.4, -0.2) is 39.8 Å². The SMILES string of the molecule is O=C1CCN(Cc2ccc(C(F)(F)F)cn2)C(=O)N1CC1CC1. The number of rotatable bonds is 4. The van der Waals surface area contributed by atoms with E-state index in [0.29, 0.717) is 18.2 Å². The lowest BCUT2D eigenvalue weighted by Crippen LogP contribution is -2.52. The maximum Gasteiger partial charge on any atom is 0.417 e. The van der Waals surface area contributed by atoms with Crippen molar-refractivity contribution in [1.29, 1.82) is 0 Å². The van der Waals surface area contributed by atoms with E-state index in [0.717, 1.165) is 25.1 Å². The molecule has 1 aliphatic carbocycles. The highest BCUT2D eigenvalue weighted by Crippen LogP contribution is 2.31. The van der Waals surface area contributed by atoms with Crippen LogP contribution in [0.2, 0.25) is 0 Å². The fraction of sp³-hybridized carbons (Fsp3) is 0.533. The van der Waals surface area contributed by atoms with E-state index in [1.165, 1.54) is 15.9 Å². The average molecular weight is 327 g/mol. The zero-order valence-corrected chi connectivity index (χ0v) is 12.3. The molecule has 0 N–H and O–H groups in total. The number of halogens is 3. The number of urea groups is 1. The van der Waals surface area contributed by atoms with Gasteiger partial charge in [0.2, 0.25) is 5.91 Å². The largest absolute Gasteiger partial charge is 0.417 e. The van der Waals surface area contributed by atoms with Crippen molar-refractivity contribution in [2.24, 2.45) is 5.92 Å². The quantitative estimate of drug-likeness (QED) is 0.854. The van der Waals surface area contributed by atoms with Crippen molar-refractivity contribution in [2.75, 3.05) is 13.1 Å². The second kappa shape index (κ2) is 5.82. The first-order valence-electron chi connectivity index (χ1n) is 7.46. The Labute approximate surface area is 131 Å². The molecule has 1 aromatic rings. The van der Waals surface area contributed by atoms with Crippen LogP contribution < -0.4 is 0 Å². The molecule has 124 valence electrons. The molecule has 2 heterocycles. The van der Waals surface area contributed by atoms with E-state index >= 15 is 0 Å². The summed E-state index contributed by atoms with van der Waals surface area (Å²) in [6.45, 7) is 0.807. The highest BCUT2D eigenvalue weighted by atomic mass is 19.4. The normalized spacial score (nSPS) is 19.4. The average Bonchev–Trinajstić information content (AvgIpc) is 3.30. The van der Waals surface area contributed by atoms with Gasteiger partial charge >= 0.3 is 12.2 Å². The smallest absolute Gasteiger partial charge is 0.318 e. The van der Waals surface area contributed by atoms with Gasteiger partial charge in [-0.25, -0.2) is 4.79 Å². The van der Waals surface area contributed by atoms with Gasteiger partial charge in [0.1, 0.15) is 0 Å². The van der Waals surface area contributed by atoms with Crippen molar-refractivity contribution in [3.05, 3.63) is 29.6 Å². The Kier molecular flexibility index (Phi) is 3.99. The van der Waals surface area contributed by atoms with E-state index in [1.54, 1.807) is 0 Å². The lowest BCUT2D eigenvalue weighted by Gasteiger charge is -2.34. The third-order valence-electron chi connectivity index (χ3n) is 4.04. The van der Waals surface area contributed by atoms with Crippen molar-refractivity contribution in [3.63, 3.8) is 0 Å². The predicted molar refractivity (Wildman–Crippen MR) is 74.1 cm³/mol. The third-order valence-corrected chi connectivity index (χ3v) is 4.04. The Morgan fingerprint density at radius 2 is 1.96 bits per heavy atom. The molecule has 5 nitrogen and oxygen atoms in total. The minimum absolute atomic E-state index is 0.103. The summed E-state index contributed by atoms with van der Waals surface area (Å²) in [6.07, 6.45) is -1.38. The van der Waals surface area contributed by atoms with Crippen molar-refractivity contribution in [3.8, 4) is 0 Å². The van der Waals surface area contributed by atoms with Gasteiger partial charge in [0.25, 0.3) is 0 Å². The van der Waals surface area contributed by atoms with Crippen molar-refractivity contribution in [1.82, 2.24) is 14.8 Å². The first-order chi connectivity index (χ1) is 10.8. The van der Waals surface area contributed by atoms with Crippen LogP contribution in [0, 0.1) is 5.92 Å². The summed E-state index contributed by atoms with van der Waals surface area (Å²) in [5, 5.41) is 0. The molecular weight excluding hydrogens is 311 g/mol. The number of carbonyl (C=O) groups is 2. The molecular formula is C15H16F3N3O2. The number of hydrogen-bond acceptors (Lipinski definition) is 3. The van der Waals surface area contributed by atoms with E-state index in [4.69, 9.17) is 0 Å². The Morgan fingerprint density at radius 3 is 2.52 bits per heavy atom. The summed E-state index contributed by atoms with van der Waals surface area (Å²) in [7, 11) is 0. The number of aromatic nitrogens is 1. The number of amides is 3. The van der Waals surface area contributed by atoms with E-state index in [2.05, 4.69) is 4.98 Å². The minimum atomic E-state index is -4.43. The summed E-state index contributed by atoms with van der Waals surface area (Å²) >= 11 is 0. The van der Waals surface area contributed by atoms with Crippen LogP contribution in [0.25, 0.3) is 0 Å². The molecule has 1 saturated heterocycles. The molecule has 0 spiro atoms. The van der Waals surface area contributed by atoms with Gasteiger partial charge in [0, 0.05) is 25.7 Å². The summed E-state index contributed by atoms with van der Waals surface area (Å²) in [4.78, 5) is 30.7. The molecule has 8 heteroatoms. The number of carbonyl (C=O) groups excluding carboxylic acids is 2. The lowest BCUT2D eigenvalue weighted by atomic mass is 10.2. The van der Waals surface area contributed by atoms with Crippen LogP contribution in [0.1, 0.15) is 30.5 Å². The first kappa shape index (κ1) is 15.8. The maximum atomic E-state index is 12.5. The van der Waals surface area contributed by atoms with Gasteiger partial charge in [0.15, 0.2) is 0 Å². The molecule has 1 saturated carbocycles. The Hall–Kier alpha value is -2.12. The van der Waals surface area contributed by atoms with Gasteiger partial charge in [0.05, 0.1) is 17.8 Å². The van der Waals surface area contributed by atoms with Crippen molar-refractivity contribution >= 4 is 11.9 Å². The molecule has 1 aliphatic heterocycles. The minimum Gasteiger partial charge on any atom is -0.318 e. The van der Waals surface area contributed by atoms with E-state index in [9.17, 15) is 22.8 Å². The Morgan fingerprint density at radius 1 is 1.22 bits per heavy atom. The summed E-state index contributed by atoms with van der Waals surface area (Å²) in [6, 6.07) is 1.83. The van der Waals surface area contributed by atoms with E-state index in [-0.39, 0.29) is 31.4 Å². The van der Waals surface area contributed by atoms with Crippen LogP contribution in [-0.2, 0) is 17.5 Å². The first-order valence-corrected chi connectivity index (χ1v) is 7.46. The highest BCUT2D eigenvalue weighted by molar-refractivity contribution is 5.96. The summed E-state index contributed by atoms with van der Waals surface area (Å²) < 4.78 is 37.5. The molecule has 23 heavy (non-hydrogen) atoms. The fourth-order valence-electron chi connectivity index (χ4n) is 2.51. The topological polar surface area (TPSA) is 53.5 Å². The summed E-state index contributed by atoms with van der Waals surface area (Å²) in [5.41, 5.74) is -0.455. The molecule has 2 aliphatic rings. The van der Waals surface area contributed by atoms with Gasteiger partial charge in [-0.3, -0.25) is 14.7 Å². The van der Waals surface area contributed by atoms with Gasteiger partial charge in [-0.15, -0.1) is 0 Å². The molecule has 1 aromatic heterocycles. The molecule has 0 bridgehead atoms. The predicted octanol–water partition coefficient (Wildman–Crippen LogP) is 2.66. The molecule has 0 atom stereocenters. The van der Waals surface area contributed by atoms with Crippen molar-refractivity contribution < 1.29 is 22.8 Å². The summed E-state index contributed by atoms with van der Waals surface area (Å²) in [5.74, 6) is 0.213. The molecule has 2 fully saturated rings. The molecule has 0 radical (unpaired) electrons. The number of nitrogens with zero attached hydrogens (tertiary/aromatic N) is 3. The zero-order chi connectivity index (χ0) is 16.6. The number of imide groups is 1.